The SMILES string of the molecule is [2H]c1c([2H])c([2H])c(-c2cc3c4c(c2)N(C2C(C5CC=CCC5)=CCCC2C2=CCCCC2)c2cc(N5c6ccccc6C(C)(C)c6ccccc65)ccc2B4c2ccc(N4c5ccccc5C(C)(C)c5ccccc54)cc2N3C2C(C3CC=CCC3)=CCCC2C2=CCCCC2)c([2H])c1[2H]. The Kier molecular flexibility index (Phi) is 13.4. The molecule has 0 saturated carbocycles. The summed E-state index contributed by atoms with van der Waals surface area (Å²) in [7, 11) is 0. The molecule has 0 aromatic heterocycles. The molecule has 4 aliphatic heterocycles. The Balaban J connectivity index is 0.984. The summed E-state index contributed by atoms with van der Waals surface area (Å²) in [5, 5.41) is 0. The minimum absolute atomic E-state index is 0.0798. The molecule has 8 aromatic rings. The number of hydrogen-bond acceptors (Lipinski definition) is 4. The minimum Gasteiger partial charge on any atom is -0.334 e. The molecule has 6 aliphatic carbocycles. The summed E-state index contributed by atoms with van der Waals surface area (Å²) in [5.41, 5.74) is 27.0. The lowest BCUT2D eigenvalue weighted by Crippen LogP contribution is -2.65. The van der Waals surface area contributed by atoms with Crippen LogP contribution in [-0.2, 0) is 10.8 Å². The molecule has 5 heteroatoms. The Morgan fingerprint density at radius 3 is 1.23 bits per heavy atom. The zero-order valence-corrected chi connectivity index (χ0v) is 56.0. The average Bonchev–Trinajstić information content (AvgIpc) is 0.683. The van der Waals surface area contributed by atoms with Gasteiger partial charge in [0.2, 0.25) is 0 Å². The van der Waals surface area contributed by atoms with Gasteiger partial charge in [-0.1, -0.05) is 203 Å². The number of anilines is 10. The first-order valence-corrected chi connectivity index (χ1v) is 36.5. The molecule has 0 N–H and O–H groups in total. The number of benzene rings is 8. The van der Waals surface area contributed by atoms with Gasteiger partial charge in [0.05, 0.1) is 41.7 Å². The molecule has 18 rings (SSSR count). The van der Waals surface area contributed by atoms with Crippen molar-refractivity contribution < 1.29 is 6.85 Å². The van der Waals surface area contributed by atoms with Crippen LogP contribution < -0.4 is 36.0 Å². The molecule has 95 heavy (non-hydrogen) atoms. The van der Waals surface area contributed by atoms with Crippen molar-refractivity contribution in [3.63, 3.8) is 0 Å². The number of nitrogens with zero attached hydrogens (tertiary/aromatic N) is 4. The highest BCUT2D eigenvalue weighted by Crippen LogP contribution is 2.58. The molecule has 0 bridgehead atoms. The van der Waals surface area contributed by atoms with Gasteiger partial charge in [0.25, 0.3) is 6.71 Å². The first-order chi connectivity index (χ1) is 48.8. The van der Waals surface area contributed by atoms with Crippen molar-refractivity contribution in [2.75, 3.05) is 19.6 Å². The quantitative estimate of drug-likeness (QED) is 0.105. The third kappa shape index (κ3) is 9.57. The Labute approximate surface area is 573 Å². The lowest BCUT2D eigenvalue weighted by Gasteiger charge is -2.54. The van der Waals surface area contributed by atoms with Gasteiger partial charge in [-0.2, -0.15) is 0 Å². The van der Waals surface area contributed by atoms with Crippen LogP contribution in [0.4, 0.5) is 56.9 Å². The average molecular weight is 1240 g/mol. The lowest BCUT2D eigenvalue weighted by molar-refractivity contribution is 0.391. The molecule has 0 saturated heterocycles. The maximum atomic E-state index is 10.1. The van der Waals surface area contributed by atoms with Crippen LogP contribution in [0.2, 0.25) is 0 Å². The third-order valence-electron chi connectivity index (χ3n) is 24.5. The van der Waals surface area contributed by atoms with Crippen molar-refractivity contribution in [3.8, 4) is 11.1 Å². The van der Waals surface area contributed by atoms with Crippen molar-refractivity contribution in [3.05, 3.63) is 269 Å². The van der Waals surface area contributed by atoms with Crippen LogP contribution in [0.15, 0.2) is 247 Å². The zero-order valence-electron chi connectivity index (χ0n) is 61.0. The van der Waals surface area contributed by atoms with Crippen LogP contribution in [0.3, 0.4) is 0 Å². The van der Waals surface area contributed by atoms with Crippen LogP contribution in [0.25, 0.3) is 11.1 Å². The van der Waals surface area contributed by atoms with Gasteiger partial charge in [-0.25, -0.2) is 0 Å². The van der Waals surface area contributed by atoms with E-state index in [0.717, 1.165) is 113 Å². The van der Waals surface area contributed by atoms with Gasteiger partial charge in [-0.15, -0.1) is 0 Å². The van der Waals surface area contributed by atoms with Crippen molar-refractivity contribution in [1.29, 1.82) is 0 Å². The van der Waals surface area contributed by atoms with Crippen LogP contribution in [0.5, 0.6) is 0 Å². The summed E-state index contributed by atoms with van der Waals surface area (Å²) in [6.07, 6.45) is 39.7. The van der Waals surface area contributed by atoms with Crippen molar-refractivity contribution in [1.82, 2.24) is 0 Å². The van der Waals surface area contributed by atoms with E-state index in [-0.39, 0.29) is 77.2 Å². The van der Waals surface area contributed by atoms with E-state index in [1.807, 2.05) is 0 Å². The summed E-state index contributed by atoms with van der Waals surface area (Å²) >= 11 is 0. The topological polar surface area (TPSA) is 13.0 Å². The Bertz CT molecular complexity index is 4480. The van der Waals surface area contributed by atoms with Crippen LogP contribution in [0, 0.1) is 23.7 Å². The van der Waals surface area contributed by atoms with Gasteiger partial charge in [0.1, 0.15) is 0 Å². The van der Waals surface area contributed by atoms with E-state index in [1.54, 1.807) is 11.1 Å². The molecule has 0 radical (unpaired) electrons. The van der Waals surface area contributed by atoms with E-state index in [4.69, 9.17) is 1.37 Å². The molecule has 0 amide bonds. The second-order valence-corrected chi connectivity index (χ2v) is 30.3. The number of allylic oxidation sites excluding steroid dienone is 8. The van der Waals surface area contributed by atoms with Gasteiger partial charge in [-0.3, -0.25) is 0 Å². The Morgan fingerprint density at radius 1 is 0.400 bits per heavy atom. The fraction of sp³-hybridized carbons (Fsp3) is 0.333. The minimum atomic E-state index is -0.373. The molecule has 474 valence electrons. The van der Waals surface area contributed by atoms with Crippen molar-refractivity contribution in [2.24, 2.45) is 23.7 Å². The molecular formula is C90H91BN4. The molecule has 0 fully saturated rings. The van der Waals surface area contributed by atoms with Gasteiger partial charge in [-0.05, 0) is 249 Å². The standard InChI is InChI=1S/C90H91BN4/c1-89(2)72-44-20-24-48-78(72)92(79-49-25-21-45-73(79)89)66-52-54-76-82(58-66)94(87-68(61-32-12-6-13-33-61)40-28-41-69(87)62-34-14-7-15-35-62)84-56-65(60-30-10-5-11-31-60)57-85-86(84)91(76)77-55-53-67(93-80-50-26-22-46-74(80)90(3,4)75-47-23-27-51-81(75)93)59-83(77)95(85)88-70(63-36-16-8-17-37-63)42-29-43-71(88)64-38-18-9-19-39-64/h5-6,8,10-12,16,20-27,30-31,34,38,40,42,44-59,61,63,69,71,87-88H,7,9,13-15,17-19,28-29,32-33,35-37,39,41,43H2,1-4H3/i5D,10D,11D,30D,31D. The molecule has 6 atom stereocenters. The normalized spacial score (nSPS) is 25.1. The van der Waals surface area contributed by atoms with Crippen LogP contribution in [-0.4, -0.2) is 18.8 Å². The molecule has 4 heterocycles. The van der Waals surface area contributed by atoms with E-state index in [9.17, 15) is 5.48 Å². The summed E-state index contributed by atoms with van der Waals surface area (Å²) in [5.74, 6) is 1.09. The van der Waals surface area contributed by atoms with Crippen molar-refractivity contribution >= 4 is 80.0 Å². The molecular weight excluding hydrogens is 1150 g/mol. The number of fused-ring (bicyclic) bond motifs is 8. The molecule has 6 unspecified atom stereocenters. The molecule has 8 aromatic carbocycles. The van der Waals surface area contributed by atoms with Crippen LogP contribution in [0.1, 0.15) is 172 Å². The first kappa shape index (κ1) is 53.7. The highest BCUT2D eigenvalue weighted by molar-refractivity contribution is 7.00. The second kappa shape index (κ2) is 23.7. The highest BCUT2D eigenvalue weighted by atomic mass is 15.2. The van der Waals surface area contributed by atoms with Crippen molar-refractivity contribution in [2.45, 2.75) is 166 Å². The fourth-order valence-electron chi connectivity index (χ4n) is 20.1. The van der Waals surface area contributed by atoms with Gasteiger partial charge in [0.15, 0.2) is 0 Å². The second-order valence-electron chi connectivity index (χ2n) is 30.3. The lowest BCUT2D eigenvalue weighted by atomic mass is 9.33. The molecule has 0 spiro atoms. The molecule has 4 nitrogen and oxygen atoms in total. The highest BCUT2D eigenvalue weighted by Gasteiger charge is 2.52. The Hall–Kier alpha value is -8.54. The summed E-state index contributed by atoms with van der Waals surface area (Å²) < 4.78 is 48.3. The first-order valence-electron chi connectivity index (χ1n) is 39.0. The fourth-order valence-corrected chi connectivity index (χ4v) is 20.1. The predicted molar refractivity (Wildman–Crippen MR) is 403 cm³/mol. The van der Waals surface area contributed by atoms with Gasteiger partial charge < -0.3 is 19.6 Å². The molecule has 10 aliphatic rings. The summed E-state index contributed by atoms with van der Waals surface area (Å²) in [6.45, 7) is 9.24. The van der Waals surface area contributed by atoms with E-state index >= 15 is 0 Å². The predicted octanol–water partition coefficient (Wildman–Crippen LogP) is 22.1. The Morgan fingerprint density at radius 2 is 0.832 bits per heavy atom. The van der Waals surface area contributed by atoms with E-state index < -0.39 is 0 Å². The maximum Gasteiger partial charge on any atom is 0.252 e. The smallest absolute Gasteiger partial charge is 0.252 e. The monoisotopic (exact) mass is 1240 g/mol. The largest absolute Gasteiger partial charge is 0.334 e. The van der Waals surface area contributed by atoms with E-state index in [2.05, 4.69) is 241 Å². The van der Waals surface area contributed by atoms with E-state index in [1.165, 1.54) is 110 Å². The zero-order chi connectivity index (χ0) is 67.9. The van der Waals surface area contributed by atoms with Crippen LogP contribution >= 0.6 is 0 Å². The number of rotatable bonds is 9. The maximum absolute atomic E-state index is 10.1. The van der Waals surface area contributed by atoms with E-state index in [0.29, 0.717) is 17.4 Å². The van der Waals surface area contributed by atoms with Gasteiger partial charge in [0, 0.05) is 56.8 Å². The number of para-hydroxylation sites is 4. The summed E-state index contributed by atoms with van der Waals surface area (Å²) in [4.78, 5) is 10.8. The summed E-state index contributed by atoms with van der Waals surface area (Å²) in [6, 6.07) is 54.4. The number of hydrogen-bond donors (Lipinski definition) is 0. The van der Waals surface area contributed by atoms with Gasteiger partial charge >= 0.3 is 0 Å². The third-order valence-corrected chi connectivity index (χ3v) is 24.5.